The molecule has 0 amide bonds. The molecule has 0 saturated heterocycles. The number of aromatic amines is 1. The van der Waals surface area contributed by atoms with Gasteiger partial charge in [0, 0.05) is 11.1 Å². The number of aromatic nitrogens is 2. The Kier molecular flexibility index (Phi) is 4.25. The first-order valence-electron chi connectivity index (χ1n) is 10.6. The van der Waals surface area contributed by atoms with Crippen LogP contribution < -0.4 is 11.2 Å². The number of H-pyrrole nitrogens is 1. The predicted octanol–water partition coefficient (Wildman–Crippen LogP) is 5.99. The molecule has 1 saturated carbocycles. The lowest BCUT2D eigenvalue weighted by molar-refractivity contribution is 0.253. The van der Waals surface area contributed by atoms with E-state index in [1.807, 2.05) is 54.6 Å². The van der Waals surface area contributed by atoms with Crippen LogP contribution in [0.3, 0.4) is 0 Å². The summed E-state index contributed by atoms with van der Waals surface area (Å²) in [7, 11) is 0. The van der Waals surface area contributed by atoms with Crippen LogP contribution in [-0.2, 0) is 5.54 Å². The summed E-state index contributed by atoms with van der Waals surface area (Å²) in [6.07, 6.45) is 4.66. The molecule has 0 spiro atoms. The third-order valence-corrected chi connectivity index (χ3v) is 6.83. The molecule has 2 heterocycles. The number of rotatable bonds is 3. The maximum atomic E-state index is 13.8. The van der Waals surface area contributed by atoms with Crippen molar-refractivity contribution < 1.29 is 4.42 Å². The molecule has 0 atom stereocenters. The van der Waals surface area contributed by atoms with E-state index >= 15 is 0 Å². The Hall–Kier alpha value is -3.41. The number of imidazole rings is 1. The summed E-state index contributed by atoms with van der Waals surface area (Å²) in [5.74, 6) is 0.514. The molecule has 3 aromatic carbocycles. The van der Waals surface area contributed by atoms with Crippen molar-refractivity contribution in [3.63, 3.8) is 0 Å². The number of benzene rings is 3. The normalized spacial score (nSPS) is 15.2. The fourth-order valence-corrected chi connectivity index (χ4v) is 4.83. The highest BCUT2D eigenvalue weighted by atomic mass is 35.5. The number of nitrogens with two attached hydrogens (primary N) is 1. The van der Waals surface area contributed by atoms with Crippen molar-refractivity contribution >= 4 is 33.6 Å². The molecular weight excluding hydrogens is 422 g/mol. The van der Waals surface area contributed by atoms with Gasteiger partial charge in [-0.2, -0.15) is 0 Å². The second-order valence-electron chi connectivity index (χ2n) is 8.45. The molecule has 0 aliphatic heterocycles. The molecule has 6 rings (SSSR count). The van der Waals surface area contributed by atoms with Crippen molar-refractivity contribution in [1.82, 2.24) is 9.97 Å². The van der Waals surface area contributed by atoms with Crippen molar-refractivity contribution in [3.05, 3.63) is 87.8 Å². The van der Waals surface area contributed by atoms with E-state index in [4.69, 9.17) is 21.8 Å². The average molecular weight is 442 g/mol. The van der Waals surface area contributed by atoms with Gasteiger partial charge in [0.05, 0.1) is 22.3 Å². The zero-order chi connectivity index (χ0) is 21.9. The third kappa shape index (κ3) is 2.82. The minimum Gasteiger partial charge on any atom is -0.453 e. The molecule has 32 heavy (non-hydrogen) atoms. The quantitative estimate of drug-likeness (QED) is 0.360. The Morgan fingerprint density at radius 2 is 1.78 bits per heavy atom. The highest BCUT2D eigenvalue weighted by Gasteiger charge is 2.34. The van der Waals surface area contributed by atoms with Gasteiger partial charge in [-0.15, -0.1) is 0 Å². The lowest BCUT2D eigenvalue weighted by atomic mass is 9.72. The number of nitrogens with one attached hydrogen (secondary N) is 1. The zero-order valence-electron chi connectivity index (χ0n) is 17.2. The number of nitrogens with zero attached hydrogens (tertiary/aromatic N) is 1. The Bertz CT molecular complexity index is 1530. The summed E-state index contributed by atoms with van der Waals surface area (Å²) < 4.78 is 6.42. The summed E-state index contributed by atoms with van der Waals surface area (Å²) in [6, 6.07) is 19.3. The molecule has 3 N–H and O–H groups in total. The van der Waals surface area contributed by atoms with E-state index < -0.39 is 0 Å². The van der Waals surface area contributed by atoms with Crippen LogP contribution in [-0.4, -0.2) is 9.97 Å². The summed E-state index contributed by atoms with van der Waals surface area (Å²) >= 11 is 6.42. The molecule has 158 valence electrons. The maximum absolute atomic E-state index is 13.8. The van der Waals surface area contributed by atoms with Gasteiger partial charge in [-0.05, 0) is 36.5 Å². The van der Waals surface area contributed by atoms with Gasteiger partial charge in [0.25, 0.3) is 0 Å². The predicted molar refractivity (Wildman–Crippen MR) is 128 cm³/mol. The molecule has 1 aliphatic carbocycles. The third-order valence-electron chi connectivity index (χ3n) is 6.54. The monoisotopic (exact) mass is 441 g/mol. The fraction of sp³-hybridized carbons (Fsp3) is 0.154. The van der Waals surface area contributed by atoms with E-state index in [-0.39, 0.29) is 11.0 Å². The van der Waals surface area contributed by atoms with Gasteiger partial charge in [0.2, 0.25) is 5.43 Å². The molecule has 2 aromatic heterocycles. The molecule has 0 radical (unpaired) electrons. The fourth-order valence-electron chi connectivity index (χ4n) is 4.58. The van der Waals surface area contributed by atoms with E-state index in [9.17, 15) is 4.79 Å². The minimum atomic E-state index is -0.255. The van der Waals surface area contributed by atoms with E-state index in [0.717, 1.165) is 36.0 Å². The van der Waals surface area contributed by atoms with Crippen LogP contribution in [0, 0.1) is 0 Å². The van der Waals surface area contributed by atoms with E-state index in [1.54, 1.807) is 12.4 Å². The van der Waals surface area contributed by atoms with Gasteiger partial charge in [0.15, 0.2) is 5.58 Å². The molecule has 5 nitrogen and oxygen atoms in total. The Labute approximate surface area is 188 Å². The van der Waals surface area contributed by atoms with Gasteiger partial charge in [-0.25, -0.2) is 4.98 Å². The Morgan fingerprint density at radius 1 is 1.03 bits per heavy atom. The van der Waals surface area contributed by atoms with Crippen LogP contribution in [0.5, 0.6) is 0 Å². The lowest BCUT2D eigenvalue weighted by Gasteiger charge is -2.38. The Balaban J connectivity index is 1.65. The summed E-state index contributed by atoms with van der Waals surface area (Å²) in [4.78, 5) is 21.1. The topological polar surface area (TPSA) is 84.9 Å². The maximum Gasteiger partial charge on any atom is 0.201 e. The first kappa shape index (κ1) is 19.3. The van der Waals surface area contributed by atoms with Crippen LogP contribution in [0.4, 0.5) is 0 Å². The molecule has 6 heteroatoms. The molecule has 1 aliphatic rings. The van der Waals surface area contributed by atoms with Crippen molar-refractivity contribution in [2.45, 2.75) is 24.8 Å². The van der Waals surface area contributed by atoms with E-state index in [1.165, 1.54) is 0 Å². The Morgan fingerprint density at radius 3 is 2.47 bits per heavy atom. The summed E-state index contributed by atoms with van der Waals surface area (Å²) in [6.45, 7) is 0. The zero-order valence-corrected chi connectivity index (χ0v) is 17.9. The SMILES string of the molecule is NC1(c2ccc(-c3c(-c4ccccc4)oc4c(cc(Cl)c5nc[nH]c54)c3=O)cc2)CCC1. The van der Waals surface area contributed by atoms with Gasteiger partial charge in [-0.1, -0.05) is 66.2 Å². The average Bonchev–Trinajstić information content (AvgIpc) is 3.30. The number of fused-ring (bicyclic) bond motifs is 3. The first-order chi connectivity index (χ1) is 15.5. The summed E-state index contributed by atoms with van der Waals surface area (Å²) in [5.41, 5.74) is 10.9. The number of hydrogen-bond donors (Lipinski definition) is 2. The van der Waals surface area contributed by atoms with Crippen molar-refractivity contribution in [1.29, 1.82) is 0 Å². The highest BCUT2D eigenvalue weighted by Crippen LogP contribution is 2.40. The van der Waals surface area contributed by atoms with Crippen LogP contribution in [0.1, 0.15) is 24.8 Å². The van der Waals surface area contributed by atoms with Crippen molar-refractivity contribution in [3.8, 4) is 22.5 Å². The van der Waals surface area contributed by atoms with Gasteiger partial charge >= 0.3 is 0 Å². The largest absolute Gasteiger partial charge is 0.453 e. The minimum absolute atomic E-state index is 0.137. The second kappa shape index (κ2) is 7.05. The van der Waals surface area contributed by atoms with Crippen LogP contribution in [0.15, 0.2) is 76.2 Å². The smallest absolute Gasteiger partial charge is 0.201 e. The number of hydrogen-bond acceptors (Lipinski definition) is 4. The van der Waals surface area contributed by atoms with E-state index in [0.29, 0.717) is 38.3 Å². The van der Waals surface area contributed by atoms with Crippen LogP contribution in [0.25, 0.3) is 44.5 Å². The highest BCUT2D eigenvalue weighted by molar-refractivity contribution is 6.36. The van der Waals surface area contributed by atoms with Gasteiger partial charge in [-0.3, -0.25) is 4.79 Å². The van der Waals surface area contributed by atoms with Gasteiger partial charge in [0.1, 0.15) is 16.8 Å². The summed E-state index contributed by atoms with van der Waals surface area (Å²) in [5, 5.41) is 0.824. The van der Waals surface area contributed by atoms with Crippen LogP contribution in [0.2, 0.25) is 5.02 Å². The molecule has 1 fully saturated rings. The standard InChI is InChI=1S/C26H20ClN3O2/c27-19-13-18-23(31)20(15-7-9-17(10-8-15)26(28)11-4-12-26)24(16-5-2-1-3-6-16)32-25(18)22-21(19)29-14-30-22/h1-3,5-10,13-14H,4,11-12,28H2,(H,29,30). The second-order valence-corrected chi connectivity index (χ2v) is 8.86. The number of halogens is 1. The van der Waals surface area contributed by atoms with Crippen LogP contribution >= 0.6 is 11.6 Å². The molecular formula is C26H20ClN3O2. The first-order valence-corrected chi connectivity index (χ1v) is 11.0. The molecule has 0 unspecified atom stereocenters. The van der Waals surface area contributed by atoms with Crippen molar-refractivity contribution in [2.75, 3.05) is 0 Å². The molecule has 0 bridgehead atoms. The molecule has 5 aromatic rings. The lowest BCUT2D eigenvalue weighted by Crippen LogP contribution is -2.43. The van der Waals surface area contributed by atoms with E-state index in [2.05, 4.69) is 9.97 Å². The van der Waals surface area contributed by atoms with Crippen molar-refractivity contribution in [2.24, 2.45) is 5.73 Å². The van der Waals surface area contributed by atoms with Gasteiger partial charge < -0.3 is 15.1 Å².